The molecule has 0 aromatic heterocycles. The standard InChI is InChI=1S/C18H17NO4/c1-2-23-15(20)10-5-11-19-17(21)13-8-3-6-12-7-4-9-14(16(12)13)18(19)22/h3-4,6-9H,2,5,10-11H2,1H3. The van der Waals surface area contributed by atoms with Crippen LogP contribution in [-0.2, 0) is 9.53 Å². The van der Waals surface area contributed by atoms with Gasteiger partial charge in [-0.3, -0.25) is 19.3 Å². The van der Waals surface area contributed by atoms with Crippen molar-refractivity contribution in [3.8, 4) is 0 Å². The van der Waals surface area contributed by atoms with Gasteiger partial charge < -0.3 is 4.74 Å². The first-order valence-electron chi connectivity index (χ1n) is 7.67. The van der Waals surface area contributed by atoms with Crippen LogP contribution >= 0.6 is 0 Å². The zero-order valence-corrected chi connectivity index (χ0v) is 12.9. The fourth-order valence-corrected chi connectivity index (χ4v) is 2.90. The van der Waals surface area contributed by atoms with Crippen molar-refractivity contribution in [3.05, 3.63) is 47.5 Å². The van der Waals surface area contributed by atoms with E-state index in [1.54, 1.807) is 19.1 Å². The number of carbonyl (C=O) groups is 3. The van der Waals surface area contributed by atoms with Gasteiger partial charge in [-0.15, -0.1) is 0 Å². The van der Waals surface area contributed by atoms with Crippen LogP contribution in [-0.4, -0.2) is 35.8 Å². The van der Waals surface area contributed by atoms with E-state index in [1.807, 2.05) is 24.3 Å². The van der Waals surface area contributed by atoms with E-state index in [2.05, 4.69) is 0 Å². The molecule has 118 valence electrons. The van der Waals surface area contributed by atoms with Crippen LogP contribution in [0.25, 0.3) is 10.8 Å². The summed E-state index contributed by atoms with van der Waals surface area (Å²) < 4.78 is 4.86. The maximum Gasteiger partial charge on any atom is 0.305 e. The zero-order valence-electron chi connectivity index (χ0n) is 12.9. The molecule has 5 nitrogen and oxygen atoms in total. The molecular formula is C18H17NO4. The van der Waals surface area contributed by atoms with Crippen LogP contribution in [0.3, 0.4) is 0 Å². The minimum Gasteiger partial charge on any atom is -0.466 e. The van der Waals surface area contributed by atoms with Crippen LogP contribution in [0.15, 0.2) is 36.4 Å². The highest BCUT2D eigenvalue weighted by molar-refractivity contribution is 6.25. The maximum atomic E-state index is 12.6. The lowest BCUT2D eigenvalue weighted by Gasteiger charge is -2.27. The van der Waals surface area contributed by atoms with Gasteiger partial charge in [0.25, 0.3) is 11.8 Å². The molecule has 0 atom stereocenters. The van der Waals surface area contributed by atoms with Gasteiger partial charge in [-0.1, -0.05) is 24.3 Å². The van der Waals surface area contributed by atoms with Crippen LogP contribution in [0.1, 0.15) is 40.5 Å². The second-order valence-corrected chi connectivity index (χ2v) is 5.38. The number of imide groups is 1. The molecule has 5 heteroatoms. The van der Waals surface area contributed by atoms with Gasteiger partial charge in [0, 0.05) is 29.5 Å². The average molecular weight is 311 g/mol. The number of amides is 2. The molecule has 0 radical (unpaired) electrons. The van der Waals surface area contributed by atoms with Gasteiger partial charge in [0.1, 0.15) is 0 Å². The number of carbonyl (C=O) groups excluding carboxylic acids is 3. The molecule has 0 spiro atoms. The Balaban J connectivity index is 1.84. The predicted molar refractivity (Wildman–Crippen MR) is 85.2 cm³/mol. The second-order valence-electron chi connectivity index (χ2n) is 5.38. The summed E-state index contributed by atoms with van der Waals surface area (Å²) in [5.41, 5.74) is 1.07. The molecule has 0 N–H and O–H groups in total. The minimum absolute atomic E-state index is 0.191. The molecule has 0 bridgehead atoms. The largest absolute Gasteiger partial charge is 0.466 e. The summed E-state index contributed by atoms with van der Waals surface area (Å²) in [6, 6.07) is 10.9. The molecular weight excluding hydrogens is 294 g/mol. The number of hydrogen-bond acceptors (Lipinski definition) is 4. The van der Waals surface area contributed by atoms with Crippen LogP contribution in [0.2, 0.25) is 0 Å². The molecule has 1 heterocycles. The number of esters is 1. The Morgan fingerprint density at radius 1 is 1.04 bits per heavy atom. The normalized spacial score (nSPS) is 13.5. The monoisotopic (exact) mass is 311 g/mol. The molecule has 23 heavy (non-hydrogen) atoms. The average Bonchev–Trinajstić information content (AvgIpc) is 2.56. The topological polar surface area (TPSA) is 63.7 Å². The Labute approximate surface area is 133 Å². The molecule has 2 amide bonds. The van der Waals surface area contributed by atoms with Crippen molar-refractivity contribution in [3.63, 3.8) is 0 Å². The molecule has 0 aliphatic carbocycles. The fraction of sp³-hybridized carbons (Fsp3) is 0.278. The molecule has 0 unspecified atom stereocenters. The molecule has 1 aliphatic heterocycles. The van der Waals surface area contributed by atoms with E-state index in [0.29, 0.717) is 29.5 Å². The molecule has 2 aromatic rings. The van der Waals surface area contributed by atoms with Gasteiger partial charge in [0.2, 0.25) is 0 Å². The molecule has 2 aromatic carbocycles. The van der Waals surface area contributed by atoms with Gasteiger partial charge in [-0.05, 0) is 30.9 Å². The van der Waals surface area contributed by atoms with Gasteiger partial charge in [0.15, 0.2) is 0 Å². The van der Waals surface area contributed by atoms with Crippen molar-refractivity contribution in [1.29, 1.82) is 0 Å². The number of benzene rings is 2. The van der Waals surface area contributed by atoms with Gasteiger partial charge >= 0.3 is 5.97 Å². The van der Waals surface area contributed by atoms with E-state index in [9.17, 15) is 14.4 Å². The van der Waals surface area contributed by atoms with Crippen molar-refractivity contribution in [2.75, 3.05) is 13.2 Å². The second kappa shape index (κ2) is 6.20. The van der Waals surface area contributed by atoms with Gasteiger partial charge in [0.05, 0.1) is 6.61 Å². The highest BCUT2D eigenvalue weighted by atomic mass is 16.5. The van der Waals surface area contributed by atoms with Crippen LogP contribution < -0.4 is 0 Å². The van der Waals surface area contributed by atoms with E-state index in [4.69, 9.17) is 4.74 Å². The molecule has 0 saturated heterocycles. The van der Waals surface area contributed by atoms with E-state index in [0.717, 1.165) is 5.39 Å². The third-order valence-corrected chi connectivity index (χ3v) is 3.92. The zero-order chi connectivity index (χ0) is 16.4. The fourth-order valence-electron chi connectivity index (χ4n) is 2.90. The summed E-state index contributed by atoms with van der Waals surface area (Å²) in [7, 11) is 0. The molecule has 0 saturated carbocycles. The first-order valence-corrected chi connectivity index (χ1v) is 7.67. The van der Waals surface area contributed by atoms with Crippen LogP contribution in [0, 0.1) is 0 Å². The van der Waals surface area contributed by atoms with Crippen molar-refractivity contribution < 1.29 is 19.1 Å². The summed E-state index contributed by atoms with van der Waals surface area (Å²) in [4.78, 5) is 37.8. The smallest absolute Gasteiger partial charge is 0.305 e. The molecule has 0 fully saturated rings. The summed E-state index contributed by atoms with van der Waals surface area (Å²) in [6.07, 6.45) is 0.588. The Hall–Kier alpha value is -2.69. The third-order valence-electron chi connectivity index (χ3n) is 3.92. The third kappa shape index (κ3) is 2.70. The Morgan fingerprint density at radius 3 is 2.22 bits per heavy atom. The van der Waals surface area contributed by atoms with E-state index < -0.39 is 0 Å². The van der Waals surface area contributed by atoms with E-state index in [-0.39, 0.29) is 30.7 Å². The highest BCUT2D eigenvalue weighted by Gasteiger charge is 2.32. The molecule has 1 aliphatic rings. The van der Waals surface area contributed by atoms with Gasteiger partial charge in [-0.2, -0.15) is 0 Å². The van der Waals surface area contributed by atoms with E-state index in [1.165, 1.54) is 4.90 Å². The van der Waals surface area contributed by atoms with Crippen molar-refractivity contribution in [2.24, 2.45) is 0 Å². The lowest BCUT2D eigenvalue weighted by Crippen LogP contribution is -2.41. The highest BCUT2D eigenvalue weighted by Crippen LogP contribution is 2.29. The SMILES string of the molecule is CCOC(=O)CCCN1C(=O)c2cccc3cccc(c23)C1=O. The summed E-state index contributed by atoms with van der Waals surface area (Å²) in [5, 5.41) is 1.60. The van der Waals surface area contributed by atoms with E-state index >= 15 is 0 Å². The number of rotatable bonds is 5. The number of ether oxygens (including phenoxy) is 1. The quantitative estimate of drug-likeness (QED) is 0.629. The van der Waals surface area contributed by atoms with Crippen LogP contribution in [0.4, 0.5) is 0 Å². The molecule has 3 rings (SSSR count). The Morgan fingerprint density at radius 2 is 1.65 bits per heavy atom. The van der Waals surface area contributed by atoms with Crippen molar-refractivity contribution in [1.82, 2.24) is 4.90 Å². The summed E-state index contributed by atoms with van der Waals surface area (Å²) >= 11 is 0. The van der Waals surface area contributed by atoms with Crippen molar-refractivity contribution in [2.45, 2.75) is 19.8 Å². The Bertz CT molecular complexity index is 746. The first kappa shape index (κ1) is 15.2. The van der Waals surface area contributed by atoms with Crippen LogP contribution in [0.5, 0.6) is 0 Å². The minimum atomic E-state index is -0.313. The maximum absolute atomic E-state index is 12.6. The lowest BCUT2D eigenvalue weighted by atomic mass is 9.94. The summed E-state index contributed by atoms with van der Waals surface area (Å²) in [6.45, 7) is 2.28. The first-order chi connectivity index (χ1) is 11.1. The predicted octanol–water partition coefficient (Wildman–Crippen LogP) is 2.78. The van der Waals surface area contributed by atoms with Crippen molar-refractivity contribution >= 4 is 28.6 Å². The van der Waals surface area contributed by atoms with Gasteiger partial charge in [-0.25, -0.2) is 0 Å². The lowest BCUT2D eigenvalue weighted by molar-refractivity contribution is -0.143. The number of nitrogens with zero attached hydrogens (tertiary/aromatic N) is 1. The number of hydrogen-bond donors (Lipinski definition) is 0. The Kier molecular flexibility index (Phi) is 4.10. The summed E-state index contributed by atoms with van der Waals surface area (Å²) in [5.74, 6) is -0.918.